The Balaban J connectivity index is 1.66. The summed E-state index contributed by atoms with van der Waals surface area (Å²) in [6.45, 7) is 0. The molecular formula is C15H12N6OS2. The molecule has 1 atom stereocenters. The fourth-order valence-corrected chi connectivity index (χ4v) is 3.26. The lowest BCUT2D eigenvalue weighted by Crippen LogP contribution is -2.05. The molecule has 4 aromatic heterocycles. The van der Waals surface area contributed by atoms with Gasteiger partial charge in [-0.15, -0.1) is 10.2 Å². The molecule has 0 bridgehead atoms. The second kappa shape index (κ2) is 6.17. The van der Waals surface area contributed by atoms with Crippen LogP contribution in [-0.2, 0) is 7.05 Å². The minimum Gasteiger partial charge on any atom is -0.334 e. The van der Waals surface area contributed by atoms with Crippen LogP contribution in [0.5, 0.6) is 0 Å². The molecule has 9 heteroatoms. The summed E-state index contributed by atoms with van der Waals surface area (Å²) >= 11 is 6.17. The molecule has 120 valence electrons. The average Bonchev–Trinajstić information content (AvgIpc) is 3.35. The Morgan fingerprint density at radius 2 is 2.00 bits per heavy atom. The van der Waals surface area contributed by atoms with Crippen LogP contribution in [0.25, 0.3) is 22.8 Å². The Morgan fingerprint density at radius 1 is 1.17 bits per heavy atom. The molecule has 0 spiro atoms. The molecule has 4 aromatic rings. The zero-order chi connectivity index (χ0) is 16.5. The quantitative estimate of drug-likeness (QED) is 0.566. The van der Waals surface area contributed by atoms with Crippen LogP contribution in [0.1, 0.15) is 16.9 Å². The summed E-state index contributed by atoms with van der Waals surface area (Å²) in [5, 5.41) is 16.0. The Kier molecular flexibility index (Phi) is 3.87. The predicted octanol–water partition coefficient (Wildman–Crippen LogP) is 3.01. The van der Waals surface area contributed by atoms with Gasteiger partial charge >= 0.3 is 0 Å². The van der Waals surface area contributed by atoms with Crippen molar-refractivity contribution in [2.24, 2.45) is 7.05 Å². The predicted molar refractivity (Wildman–Crippen MR) is 92.7 cm³/mol. The third-order valence-electron chi connectivity index (χ3n) is 3.55. The molecule has 0 fully saturated rings. The molecule has 4 rings (SSSR count). The molecule has 4 heterocycles. The summed E-state index contributed by atoms with van der Waals surface area (Å²) in [6.07, 6.45) is 3.43. The number of rotatable bonds is 4. The van der Waals surface area contributed by atoms with Gasteiger partial charge in [-0.2, -0.15) is 28.9 Å². The molecule has 1 unspecified atom stereocenters. The third kappa shape index (κ3) is 2.61. The Labute approximate surface area is 146 Å². The zero-order valence-corrected chi connectivity index (χ0v) is 14.3. The first-order chi connectivity index (χ1) is 11.7. The van der Waals surface area contributed by atoms with Gasteiger partial charge in [0.1, 0.15) is 5.25 Å². The van der Waals surface area contributed by atoms with Crippen LogP contribution in [0.3, 0.4) is 0 Å². The molecule has 24 heavy (non-hydrogen) atoms. The van der Waals surface area contributed by atoms with E-state index in [2.05, 4.69) is 38.0 Å². The summed E-state index contributed by atoms with van der Waals surface area (Å²) in [4.78, 5) is 8.43. The van der Waals surface area contributed by atoms with Gasteiger partial charge in [-0.05, 0) is 23.6 Å². The molecule has 0 amide bonds. The number of aromatic nitrogens is 6. The second-order valence-electron chi connectivity index (χ2n) is 5.05. The van der Waals surface area contributed by atoms with Crippen molar-refractivity contribution in [1.82, 2.24) is 29.9 Å². The third-order valence-corrected chi connectivity index (χ3v) is 4.69. The lowest BCUT2D eigenvalue weighted by molar-refractivity contribution is 0.423. The number of thiol groups is 1. The van der Waals surface area contributed by atoms with Crippen molar-refractivity contribution in [3.63, 3.8) is 0 Å². The summed E-state index contributed by atoms with van der Waals surface area (Å²) in [5.74, 6) is 2.30. The standard InChI is InChI=1S/C15H12N6OS2/c1-21-13(9-2-5-16-6-3-9)18-19-14(21)11(23)12-17-15(22-20-12)10-4-7-24-8-10/h2-8,11,23H,1H3. The molecule has 0 radical (unpaired) electrons. The van der Waals surface area contributed by atoms with Crippen LogP contribution >= 0.6 is 24.0 Å². The van der Waals surface area contributed by atoms with Crippen LogP contribution < -0.4 is 0 Å². The molecule has 0 saturated heterocycles. The van der Waals surface area contributed by atoms with Gasteiger partial charge in [0, 0.05) is 30.4 Å². The van der Waals surface area contributed by atoms with Crippen LogP contribution in [0.2, 0.25) is 0 Å². The molecule has 0 aromatic carbocycles. The monoisotopic (exact) mass is 356 g/mol. The Hall–Kier alpha value is -2.52. The van der Waals surface area contributed by atoms with Gasteiger partial charge in [-0.1, -0.05) is 5.16 Å². The van der Waals surface area contributed by atoms with E-state index in [0.717, 1.165) is 17.0 Å². The molecule has 0 saturated carbocycles. The van der Waals surface area contributed by atoms with E-state index in [0.29, 0.717) is 17.5 Å². The van der Waals surface area contributed by atoms with E-state index >= 15 is 0 Å². The normalized spacial score (nSPS) is 12.4. The van der Waals surface area contributed by atoms with E-state index in [1.165, 1.54) is 0 Å². The van der Waals surface area contributed by atoms with Crippen molar-refractivity contribution < 1.29 is 4.52 Å². The summed E-state index contributed by atoms with van der Waals surface area (Å²) in [6, 6.07) is 5.69. The van der Waals surface area contributed by atoms with Gasteiger partial charge in [-0.3, -0.25) is 4.98 Å². The number of hydrogen-bond acceptors (Lipinski definition) is 8. The topological polar surface area (TPSA) is 82.5 Å². The largest absolute Gasteiger partial charge is 0.334 e. The molecule has 0 aliphatic heterocycles. The van der Waals surface area contributed by atoms with E-state index in [9.17, 15) is 0 Å². The van der Waals surface area contributed by atoms with Crippen molar-refractivity contribution >= 4 is 24.0 Å². The maximum atomic E-state index is 5.31. The average molecular weight is 356 g/mol. The lowest BCUT2D eigenvalue weighted by Gasteiger charge is -2.06. The van der Waals surface area contributed by atoms with E-state index in [1.54, 1.807) is 23.7 Å². The SMILES string of the molecule is Cn1c(-c2ccncc2)nnc1C(S)c1noc(-c2ccsc2)n1. The first kappa shape index (κ1) is 15.0. The van der Waals surface area contributed by atoms with Gasteiger partial charge in [0.05, 0.1) is 5.56 Å². The molecule has 7 nitrogen and oxygen atoms in total. The number of pyridine rings is 1. The molecule has 0 aliphatic rings. The highest BCUT2D eigenvalue weighted by Gasteiger charge is 2.23. The van der Waals surface area contributed by atoms with E-state index in [1.807, 2.05) is 40.6 Å². The highest BCUT2D eigenvalue weighted by atomic mass is 32.1. The Morgan fingerprint density at radius 3 is 2.75 bits per heavy atom. The van der Waals surface area contributed by atoms with Crippen molar-refractivity contribution in [2.45, 2.75) is 5.25 Å². The van der Waals surface area contributed by atoms with Crippen molar-refractivity contribution in [3.05, 3.63) is 53.0 Å². The lowest BCUT2D eigenvalue weighted by atomic mass is 10.2. The van der Waals surface area contributed by atoms with Crippen LogP contribution in [-0.4, -0.2) is 29.9 Å². The van der Waals surface area contributed by atoms with Gasteiger partial charge in [0.25, 0.3) is 5.89 Å². The smallest absolute Gasteiger partial charge is 0.258 e. The highest BCUT2D eigenvalue weighted by Crippen LogP contribution is 2.29. The minimum atomic E-state index is -0.436. The zero-order valence-electron chi connectivity index (χ0n) is 12.6. The van der Waals surface area contributed by atoms with Gasteiger partial charge < -0.3 is 9.09 Å². The number of thiophene rings is 1. The summed E-state index contributed by atoms with van der Waals surface area (Å²) < 4.78 is 7.18. The maximum Gasteiger partial charge on any atom is 0.258 e. The van der Waals surface area contributed by atoms with Gasteiger partial charge in [0.15, 0.2) is 17.5 Å². The number of hydrogen-bond donors (Lipinski definition) is 1. The Bertz CT molecular complexity index is 948. The first-order valence-corrected chi connectivity index (χ1v) is 8.54. The van der Waals surface area contributed by atoms with Crippen LogP contribution in [0, 0.1) is 0 Å². The first-order valence-electron chi connectivity index (χ1n) is 7.08. The van der Waals surface area contributed by atoms with Crippen molar-refractivity contribution in [3.8, 4) is 22.8 Å². The van der Waals surface area contributed by atoms with Crippen molar-refractivity contribution in [1.29, 1.82) is 0 Å². The number of nitrogens with zero attached hydrogens (tertiary/aromatic N) is 6. The van der Waals surface area contributed by atoms with Gasteiger partial charge in [-0.25, -0.2) is 0 Å². The van der Waals surface area contributed by atoms with E-state index < -0.39 is 5.25 Å². The maximum absolute atomic E-state index is 5.31. The highest BCUT2D eigenvalue weighted by molar-refractivity contribution is 7.80. The molecule has 0 N–H and O–H groups in total. The molecular weight excluding hydrogens is 344 g/mol. The summed E-state index contributed by atoms with van der Waals surface area (Å²) in [7, 11) is 1.88. The van der Waals surface area contributed by atoms with Gasteiger partial charge in [0.2, 0.25) is 0 Å². The fraction of sp³-hybridized carbons (Fsp3) is 0.133. The summed E-state index contributed by atoms with van der Waals surface area (Å²) in [5.41, 5.74) is 1.83. The van der Waals surface area contributed by atoms with Crippen molar-refractivity contribution in [2.75, 3.05) is 0 Å². The second-order valence-corrected chi connectivity index (χ2v) is 6.35. The minimum absolute atomic E-state index is 0.436. The molecule has 0 aliphatic carbocycles. The fourth-order valence-electron chi connectivity index (χ4n) is 2.30. The van der Waals surface area contributed by atoms with E-state index in [-0.39, 0.29) is 0 Å². The van der Waals surface area contributed by atoms with Crippen LogP contribution in [0.4, 0.5) is 0 Å². The van der Waals surface area contributed by atoms with E-state index in [4.69, 9.17) is 4.52 Å². The van der Waals surface area contributed by atoms with Crippen LogP contribution in [0.15, 0.2) is 45.9 Å².